The van der Waals surface area contributed by atoms with E-state index in [1.54, 1.807) is 12.1 Å². The van der Waals surface area contributed by atoms with Gasteiger partial charge in [-0.2, -0.15) is 0 Å². The lowest BCUT2D eigenvalue weighted by Gasteiger charge is -2.10. The van der Waals surface area contributed by atoms with Crippen LogP contribution in [0.5, 0.6) is 0 Å². The Balaban J connectivity index is 1.97. The smallest absolute Gasteiger partial charge is 0.411 e. The van der Waals surface area contributed by atoms with Crippen molar-refractivity contribution in [2.75, 3.05) is 22.9 Å². The number of anilines is 3. The molecule has 1 amide bonds. The molecular weight excluding hydrogens is 287 g/mol. The van der Waals surface area contributed by atoms with Crippen LogP contribution in [0, 0.1) is 5.82 Å². The number of halogens is 1. The number of carbonyl (C=O) groups is 1. The van der Waals surface area contributed by atoms with Crippen LogP contribution in [0.2, 0.25) is 0 Å². The zero-order valence-corrected chi connectivity index (χ0v) is 11.4. The molecule has 4 N–H and O–H groups in total. The minimum atomic E-state index is -3.16. The number of carbonyl (C=O) groups excluding carboxylic acids is 1. The quantitative estimate of drug-likeness (QED) is 0.790. The zero-order chi connectivity index (χ0) is 20.2. The number of amides is 1. The van der Waals surface area contributed by atoms with E-state index < -0.39 is 19.5 Å². The summed E-state index contributed by atoms with van der Waals surface area (Å²) in [5.74, 6) is -0.0506. The second-order valence-corrected chi connectivity index (χ2v) is 4.23. The summed E-state index contributed by atoms with van der Waals surface area (Å²) < 4.78 is 52.7. The number of nitrogen functional groups attached to an aromatic ring is 1. The molecule has 2 aromatic rings. The molecule has 0 spiro atoms. The lowest BCUT2D eigenvalue weighted by molar-refractivity contribution is 0.168. The van der Waals surface area contributed by atoms with E-state index >= 15 is 0 Å². The minimum absolute atomic E-state index is 0.0219. The molecule has 1 aromatic heterocycles. The van der Waals surface area contributed by atoms with Gasteiger partial charge in [-0.25, -0.2) is 14.2 Å². The SMILES string of the molecule is [2H]C([2H])([2H])C([2H])([2H])OC(=O)Nc1ccc(NCc2ccc(F)cc2)nc1N. The standard InChI is InChI=1S/C15H17FN4O2/c1-2-22-15(21)19-12-7-8-13(20-14(12)17)18-9-10-3-5-11(16)6-4-10/h3-8H,2,9H2,1H3,(H,19,21)(H3,17,18,20)/i1D3,2D2. The van der Waals surface area contributed by atoms with Crippen LogP contribution in [-0.4, -0.2) is 17.6 Å². The van der Waals surface area contributed by atoms with E-state index in [2.05, 4.69) is 20.4 Å². The van der Waals surface area contributed by atoms with Crippen molar-refractivity contribution in [3.05, 3.63) is 47.8 Å². The predicted molar refractivity (Wildman–Crippen MR) is 83.0 cm³/mol. The average molecular weight is 309 g/mol. The van der Waals surface area contributed by atoms with Gasteiger partial charge in [0.25, 0.3) is 0 Å². The highest BCUT2D eigenvalue weighted by atomic mass is 19.1. The molecule has 1 aromatic carbocycles. The fraction of sp³-hybridized carbons (Fsp3) is 0.200. The first kappa shape index (κ1) is 9.99. The first-order valence-corrected chi connectivity index (χ1v) is 6.23. The highest BCUT2D eigenvalue weighted by Gasteiger charge is 2.07. The number of benzene rings is 1. The summed E-state index contributed by atoms with van der Waals surface area (Å²) in [6, 6.07) is 8.76. The maximum atomic E-state index is 12.9. The van der Waals surface area contributed by atoms with Gasteiger partial charge in [0.2, 0.25) is 0 Å². The van der Waals surface area contributed by atoms with Gasteiger partial charge >= 0.3 is 6.09 Å². The normalized spacial score (nSPS) is 14.7. The maximum Gasteiger partial charge on any atom is 0.411 e. The van der Waals surface area contributed by atoms with E-state index in [-0.39, 0.29) is 17.3 Å². The summed E-state index contributed by atoms with van der Waals surface area (Å²) in [6.07, 6.45) is -1.32. The molecule has 6 nitrogen and oxygen atoms in total. The number of hydrogen-bond donors (Lipinski definition) is 3. The monoisotopic (exact) mass is 309 g/mol. The van der Waals surface area contributed by atoms with E-state index in [1.807, 2.05) is 0 Å². The molecule has 0 fully saturated rings. The van der Waals surface area contributed by atoms with Crippen molar-refractivity contribution >= 4 is 23.4 Å². The first-order valence-electron chi connectivity index (χ1n) is 8.73. The number of nitrogens with one attached hydrogen (secondary N) is 2. The lowest BCUT2D eigenvalue weighted by Crippen LogP contribution is -2.15. The van der Waals surface area contributed by atoms with Gasteiger partial charge in [0.15, 0.2) is 0 Å². The molecule has 0 aliphatic heterocycles. The highest BCUT2D eigenvalue weighted by Crippen LogP contribution is 2.19. The summed E-state index contributed by atoms with van der Waals surface area (Å²) in [5, 5.41) is 5.11. The third-order valence-electron chi connectivity index (χ3n) is 2.69. The number of rotatable bonds is 5. The molecule has 7 heteroatoms. The summed E-state index contributed by atoms with van der Waals surface area (Å²) in [5.41, 5.74) is 6.57. The van der Waals surface area contributed by atoms with Crippen LogP contribution in [0.25, 0.3) is 0 Å². The Morgan fingerprint density at radius 3 is 2.86 bits per heavy atom. The van der Waals surface area contributed by atoms with Crippen LogP contribution in [-0.2, 0) is 11.3 Å². The van der Waals surface area contributed by atoms with Crippen LogP contribution in [0.3, 0.4) is 0 Å². The second kappa shape index (κ2) is 7.26. The Kier molecular flexibility index (Phi) is 3.30. The van der Waals surface area contributed by atoms with Gasteiger partial charge in [-0.05, 0) is 36.7 Å². The summed E-state index contributed by atoms with van der Waals surface area (Å²) >= 11 is 0. The lowest BCUT2D eigenvalue weighted by atomic mass is 10.2. The van der Waals surface area contributed by atoms with Gasteiger partial charge in [0.1, 0.15) is 17.5 Å². The van der Waals surface area contributed by atoms with Crippen molar-refractivity contribution in [1.82, 2.24) is 4.98 Å². The van der Waals surface area contributed by atoms with Crippen molar-refractivity contribution in [2.24, 2.45) is 0 Å². The maximum absolute atomic E-state index is 12.9. The summed E-state index contributed by atoms with van der Waals surface area (Å²) in [6.45, 7) is -5.93. The first-order chi connectivity index (χ1) is 12.5. The zero-order valence-electron chi connectivity index (χ0n) is 16.4. The Hall–Kier alpha value is -2.83. The number of ether oxygens (including phenoxy) is 1. The molecule has 0 saturated carbocycles. The van der Waals surface area contributed by atoms with Crippen LogP contribution in [0.15, 0.2) is 36.4 Å². The third-order valence-corrected chi connectivity index (χ3v) is 2.69. The molecule has 0 aliphatic carbocycles. The largest absolute Gasteiger partial charge is 0.450 e. The molecule has 0 aliphatic rings. The minimum Gasteiger partial charge on any atom is -0.450 e. The summed E-state index contributed by atoms with van der Waals surface area (Å²) in [4.78, 5) is 15.7. The van der Waals surface area contributed by atoms with Gasteiger partial charge in [-0.3, -0.25) is 5.32 Å². The molecule has 0 radical (unpaired) electrons. The number of nitrogens with two attached hydrogens (primary N) is 1. The highest BCUT2D eigenvalue weighted by molar-refractivity contribution is 5.88. The van der Waals surface area contributed by atoms with Crippen LogP contribution >= 0.6 is 0 Å². The van der Waals surface area contributed by atoms with Crippen LogP contribution in [0.4, 0.5) is 26.5 Å². The van der Waals surface area contributed by atoms with E-state index in [0.29, 0.717) is 12.4 Å². The van der Waals surface area contributed by atoms with Crippen molar-refractivity contribution in [1.29, 1.82) is 0 Å². The number of aromatic nitrogens is 1. The fourth-order valence-electron chi connectivity index (χ4n) is 1.66. The average Bonchev–Trinajstić information content (AvgIpc) is 2.55. The molecular formula is C15H17FN4O2. The Labute approximate surface area is 134 Å². The Morgan fingerprint density at radius 2 is 2.18 bits per heavy atom. The molecule has 22 heavy (non-hydrogen) atoms. The van der Waals surface area contributed by atoms with Crippen LogP contribution in [0.1, 0.15) is 19.3 Å². The molecule has 0 bridgehead atoms. The van der Waals surface area contributed by atoms with Gasteiger partial charge < -0.3 is 15.8 Å². The van der Waals surface area contributed by atoms with Gasteiger partial charge in [-0.1, -0.05) is 12.1 Å². The molecule has 116 valence electrons. The van der Waals surface area contributed by atoms with Crippen molar-refractivity contribution in [3.63, 3.8) is 0 Å². The predicted octanol–water partition coefficient (Wildman–Crippen LogP) is 2.98. The second-order valence-electron chi connectivity index (χ2n) is 4.23. The van der Waals surface area contributed by atoms with Crippen molar-refractivity contribution in [2.45, 2.75) is 13.4 Å². The molecule has 2 rings (SSSR count). The Bertz CT molecular complexity index is 815. The summed E-state index contributed by atoms with van der Waals surface area (Å²) in [7, 11) is 0. The number of hydrogen-bond acceptors (Lipinski definition) is 5. The van der Waals surface area contributed by atoms with Crippen molar-refractivity contribution < 1.29 is 20.8 Å². The number of nitrogens with zero attached hydrogens (tertiary/aromatic N) is 1. The van der Waals surface area contributed by atoms with Crippen molar-refractivity contribution in [3.8, 4) is 0 Å². The van der Waals surface area contributed by atoms with Gasteiger partial charge in [0.05, 0.1) is 15.0 Å². The molecule has 0 saturated heterocycles. The Morgan fingerprint density at radius 1 is 1.41 bits per heavy atom. The number of pyridine rings is 1. The third kappa shape index (κ3) is 4.34. The van der Waals surface area contributed by atoms with Crippen LogP contribution < -0.4 is 16.4 Å². The van der Waals surface area contributed by atoms with E-state index in [0.717, 1.165) is 5.56 Å². The molecule has 0 atom stereocenters. The molecule has 1 heterocycles. The van der Waals surface area contributed by atoms with E-state index in [4.69, 9.17) is 12.6 Å². The van der Waals surface area contributed by atoms with E-state index in [9.17, 15) is 9.18 Å². The van der Waals surface area contributed by atoms with E-state index in [1.165, 1.54) is 24.3 Å². The van der Waals surface area contributed by atoms with Gasteiger partial charge in [0, 0.05) is 10.7 Å². The van der Waals surface area contributed by atoms with Gasteiger partial charge in [-0.15, -0.1) is 0 Å². The fourth-order valence-corrected chi connectivity index (χ4v) is 1.66. The topological polar surface area (TPSA) is 89.3 Å². The molecule has 0 unspecified atom stereocenters.